The minimum atomic E-state index is 0.178. The van der Waals surface area contributed by atoms with Crippen molar-refractivity contribution in [1.29, 1.82) is 0 Å². The number of amides is 1. The quantitative estimate of drug-likeness (QED) is 0.906. The molecular weight excluding hydrogens is 244 g/mol. The van der Waals surface area contributed by atoms with E-state index in [-0.39, 0.29) is 5.91 Å². The normalized spacial score (nSPS) is 18.5. The molecule has 0 fully saturated rings. The van der Waals surface area contributed by atoms with E-state index in [0.29, 0.717) is 0 Å². The van der Waals surface area contributed by atoms with Gasteiger partial charge in [-0.1, -0.05) is 6.92 Å². The second kappa shape index (κ2) is 5.85. The Kier molecular flexibility index (Phi) is 4.40. The number of hydrogen-bond acceptors (Lipinski definition) is 3. The van der Waals surface area contributed by atoms with E-state index in [9.17, 15) is 4.79 Å². The highest BCUT2D eigenvalue weighted by molar-refractivity contribution is 7.10. The maximum absolute atomic E-state index is 12.4. The monoisotopic (exact) mass is 266 g/mol. The second-order valence-electron chi connectivity index (χ2n) is 5.23. The van der Waals surface area contributed by atoms with Crippen molar-refractivity contribution >= 4 is 17.2 Å². The topological polar surface area (TPSA) is 32.3 Å². The SMILES string of the molecule is CNCCN(C)C(=O)c1csc2c1CCC(C)C2. The Labute approximate surface area is 113 Å². The molecule has 2 rings (SSSR count). The van der Waals surface area contributed by atoms with Crippen molar-refractivity contribution in [2.75, 3.05) is 27.2 Å². The number of hydrogen-bond donors (Lipinski definition) is 1. The van der Waals surface area contributed by atoms with Gasteiger partial charge in [0.15, 0.2) is 0 Å². The predicted molar refractivity (Wildman–Crippen MR) is 76.4 cm³/mol. The molecule has 0 radical (unpaired) electrons. The number of carbonyl (C=O) groups excluding carboxylic acids is 1. The Hall–Kier alpha value is -0.870. The summed E-state index contributed by atoms with van der Waals surface area (Å²) in [5.74, 6) is 0.943. The predicted octanol–water partition coefficient (Wildman–Crippen LogP) is 2.16. The van der Waals surface area contributed by atoms with Crippen LogP contribution in [0.25, 0.3) is 0 Å². The smallest absolute Gasteiger partial charge is 0.254 e. The van der Waals surface area contributed by atoms with Crippen LogP contribution in [0.2, 0.25) is 0 Å². The Balaban J connectivity index is 2.12. The molecule has 1 aromatic heterocycles. The van der Waals surface area contributed by atoms with Crippen LogP contribution in [-0.4, -0.2) is 38.0 Å². The molecule has 1 amide bonds. The fourth-order valence-electron chi connectivity index (χ4n) is 2.44. The van der Waals surface area contributed by atoms with E-state index < -0.39 is 0 Å². The molecule has 0 saturated carbocycles. The van der Waals surface area contributed by atoms with Crippen molar-refractivity contribution in [3.8, 4) is 0 Å². The molecule has 0 aliphatic heterocycles. The van der Waals surface area contributed by atoms with Crippen molar-refractivity contribution in [3.05, 3.63) is 21.4 Å². The lowest BCUT2D eigenvalue weighted by Gasteiger charge is -2.21. The Morgan fingerprint density at radius 3 is 3.11 bits per heavy atom. The lowest BCUT2D eigenvalue weighted by molar-refractivity contribution is 0.0796. The largest absolute Gasteiger partial charge is 0.340 e. The first-order valence-electron chi connectivity index (χ1n) is 6.62. The average molecular weight is 266 g/mol. The lowest BCUT2D eigenvalue weighted by Crippen LogP contribution is -2.33. The van der Waals surface area contributed by atoms with Gasteiger partial charge in [-0.05, 0) is 37.8 Å². The summed E-state index contributed by atoms with van der Waals surface area (Å²) < 4.78 is 0. The van der Waals surface area contributed by atoms with E-state index in [2.05, 4.69) is 17.6 Å². The van der Waals surface area contributed by atoms with Gasteiger partial charge in [0, 0.05) is 30.4 Å². The number of thiophene rings is 1. The summed E-state index contributed by atoms with van der Waals surface area (Å²) >= 11 is 1.76. The minimum Gasteiger partial charge on any atom is -0.340 e. The molecule has 1 N–H and O–H groups in total. The fourth-order valence-corrected chi connectivity index (χ4v) is 3.68. The first-order valence-corrected chi connectivity index (χ1v) is 7.50. The number of rotatable bonds is 4. The van der Waals surface area contributed by atoms with Gasteiger partial charge in [-0.3, -0.25) is 4.79 Å². The summed E-state index contributed by atoms with van der Waals surface area (Å²) in [6.45, 7) is 3.89. The van der Waals surface area contributed by atoms with E-state index in [1.54, 1.807) is 11.3 Å². The van der Waals surface area contributed by atoms with Crippen LogP contribution in [-0.2, 0) is 12.8 Å². The van der Waals surface area contributed by atoms with Crippen LogP contribution in [0.4, 0.5) is 0 Å². The summed E-state index contributed by atoms with van der Waals surface area (Å²) in [5.41, 5.74) is 2.26. The molecule has 1 aliphatic rings. The van der Waals surface area contributed by atoms with Crippen molar-refractivity contribution in [2.24, 2.45) is 5.92 Å². The molecule has 100 valence electrons. The molecule has 1 unspecified atom stereocenters. The van der Waals surface area contributed by atoms with Crippen molar-refractivity contribution in [3.63, 3.8) is 0 Å². The number of carbonyl (C=O) groups is 1. The molecule has 18 heavy (non-hydrogen) atoms. The van der Waals surface area contributed by atoms with Gasteiger partial charge in [0.25, 0.3) is 5.91 Å². The summed E-state index contributed by atoms with van der Waals surface area (Å²) in [7, 11) is 3.79. The average Bonchev–Trinajstić information content (AvgIpc) is 2.77. The van der Waals surface area contributed by atoms with Gasteiger partial charge in [-0.25, -0.2) is 0 Å². The molecule has 1 heterocycles. The first-order chi connectivity index (χ1) is 8.63. The molecule has 0 saturated heterocycles. The van der Waals surface area contributed by atoms with E-state index in [4.69, 9.17) is 0 Å². The molecule has 0 aromatic carbocycles. The van der Waals surface area contributed by atoms with Crippen molar-refractivity contribution in [2.45, 2.75) is 26.2 Å². The van der Waals surface area contributed by atoms with Gasteiger partial charge in [0.2, 0.25) is 0 Å². The van der Waals surface area contributed by atoms with E-state index in [0.717, 1.165) is 37.4 Å². The van der Waals surface area contributed by atoms with Crippen LogP contribution in [0.5, 0.6) is 0 Å². The summed E-state index contributed by atoms with van der Waals surface area (Å²) in [4.78, 5) is 15.6. The zero-order chi connectivity index (χ0) is 13.1. The molecule has 1 aliphatic carbocycles. The Morgan fingerprint density at radius 2 is 2.39 bits per heavy atom. The third-order valence-electron chi connectivity index (χ3n) is 3.68. The maximum atomic E-state index is 12.4. The van der Waals surface area contributed by atoms with Gasteiger partial charge in [0.1, 0.15) is 0 Å². The second-order valence-corrected chi connectivity index (χ2v) is 6.19. The van der Waals surface area contributed by atoms with Crippen molar-refractivity contribution in [1.82, 2.24) is 10.2 Å². The fraction of sp³-hybridized carbons (Fsp3) is 0.643. The van der Waals surface area contributed by atoms with Gasteiger partial charge < -0.3 is 10.2 Å². The van der Waals surface area contributed by atoms with Crippen LogP contribution < -0.4 is 5.32 Å². The van der Waals surface area contributed by atoms with Crippen LogP contribution in [0.15, 0.2) is 5.38 Å². The summed E-state index contributed by atoms with van der Waals surface area (Å²) in [5, 5.41) is 5.13. The number of likely N-dealkylation sites (N-methyl/N-ethyl adjacent to an activating group) is 2. The third kappa shape index (κ3) is 2.75. The highest BCUT2D eigenvalue weighted by Gasteiger charge is 2.24. The highest BCUT2D eigenvalue weighted by Crippen LogP contribution is 2.33. The minimum absolute atomic E-state index is 0.178. The third-order valence-corrected chi connectivity index (χ3v) is 4.73. The van der Waals surface area contributed by atoms with Crippen LogP contribution >= 0.6 is 11.3 Å². The molecule has 1 aromatic rings. The van der Waals surface area contributed by atoms with Crippen LogP contribution in [0, 0.1) is 5.92 Å². The first kappa shape index (κ1) is 13.6. The van der Waals surface area contributed by atoms with Crippen LogP contribution in [0.1, 0.15) is 34.1 Å². The lowest BCUT2D eigenvalue weighted by atomic mass is 9.88. The zero-order valence-electron chi connectivity index (χ0n) is 11.5. The zero-order valence-corrected chi connectivity index (χ0v) is 12.3. The molecule has 0 bridgehead atoms. The maximum Gasteiger partial charge on any atom is 0.254 e. The van der Waals surface area contributed by atoms with E-state index in [1.165, 1.54) is 16.9 Å². The van der Waals surface area contributed by atoms with Gasteiger partial charge in [-0.2, -0.15) is 0 Å². The molecule has 0 spiro atoms. The van der Waals surface area contributed by atoms with Gasteiger partial charge >= 0.3 is 0 Å². The molecule has 4 heteroatoms. The van der Waals surface area contributed by atoms with E-state index in [1.807, 2.05) is 19.0 Å². The van der Waals surface area contributed by atoms with Crippen molar-refractivity contribution < 1.29 is 4.79 Å². The Morgan fingerprint density at radius 1 is 1.61 bits per heavy atom. The summed E-state index contributed by atoms with van der Waals surface area (Å²) in [6.07, 6.45) is 3.43. The van der Waals surface area contributed by atoms with Gasteiger partial charge in [-0.15, -0.1) is 11.3 Å². The molecular formula is C14H22N2OS. The Bertz CT molecular complexity index is 427. The van der Waals surface area contributed by atoms with Gasteiger partial charge in [0.05, 0.1) is 5.56 Å². The standard InChI is InChI=1S/C14H22N2OS/c1-10-4-5-11-12(9-18-13(11)8-10)14(17)16(3)7-6-15-2/h9-10,15H,4-8H2,1-3H3. The van der Waals surface area contributed by atoms with E-state index >= 15 is 0 Å². The molecule has 1 atom stereocenters. The van der Waals surface area contributed by atoms with Crippen LogP contribution in [0.3, 0.4) is 0 Å². The molecule has 3 nitrogen and oxygen atoms in total. The summed E-state index contributed by atoms with van der Waals surface area (Å²) in [6, 6.07) is 0. The number of fused-ring (bicyclic) bond motifs is 1. The highest BCUT2D eigenvalue weighted by atomic mass is 32.1. The number of nitrogens with zero attached hydrogens (tertiary/aromatic N) is 1. The number of nitrogens with one attached hydrogen (secondary N) is 1.